The first kappa shape index (κ1) is 15.3. The van der Waals surface area contributed by atoms with E-state index in [1.54, 1.807) is 12.1 Å². The number of benzene rings is 1. The van der Waals surface area contributed by atoms with Gasteiger partial charge in [-0.15, -0.1) is 0 Å². The SMILES string of the molecule is CC1(C)Cc2cc(C(=O)O)ccc2N(C2=CC(=C=O)CC=C2)C1. The molecular formula is C19H19NO3. The Bertz CT molecular complexity index is 780. The summed E-state index contributed by atoms with van der Waals surface area (Å²) in [6, 6.07) is 5.26. The predicted octanol–water partition coefficient (Wildman–Crippen LogP) is 3.38. The molecule has 1 N–H and O–H groups in total. The van der Waals surface area contributed by atoms with Crippen LogP contribution in [0.1, 0.15) is 36.2 Å². The van der Waals surface area contributed by atoms with Crippen LogP contribution in [-0.4, -0.2) is 23.6 Å². The van der Waals surface area contributed by atoms with Gasteiger partial charge in [-0.2, -0.15) is 0 Å². The maximum Gasteiger partial charge on any atom is 0.335 e. The quantitative estimate of drug-likeness (QED) is 0.851. The summed E-state index contributed by atoms with van der Waals surface area (Å²) < 4.78 is 0. The molecule has 2 aliphatic rings. The van der Waals surface area contributed by atoms with Crippen LogP contribution in [0.15, 0.2) is 47.7 Å². The van der Waals surface area contributed by atoms with Crippen LogP contribution < -0.4 is 4.90 Å². The molecule has 1 aliphatic heterocycles. The molecule has 0 spiro atoms. The van der Waals surface area contributed by atoms with Gasteiger partial charge in [0.05, 0.1) is 5.56 Å². The third kappa shape index (κ3) is 2.99. The van der Waals surface area contributed by atoms with E-state index < -0.39 is 5.97 Å². The zero-order valence-electron chi connectivity index (χ0n) is 13.3. The molecular weight excluding hydrogens is 290 g/mol. The first-order chi connectivity index (χ1) is 10.9. The molecule has 4 heteroatoms. The number of carbonyl (C=O) groups is 1. The van der Waals surface area contributed by atoms with Gasteiger partial charge >= 0.3 is 5.97 Å². The Kier molecular flexibility index (Phi) is 3.70. The Labute approximate surface area is 135 Å². The number of carbonyl (C=O) groups excluding carboxylic acids is 1. The first-order valence-electron chi connectivity index (χ1n) is 7.66. The van der Waals surface area contributed by atoms with Crippen molar-refractivity contribution in [3.63, 3.8) is 0 Å². The molecule has 0 aromatic heterocycles. The lowest BCUT2D eigenvalue weighted by atomic mass is 9.80. The van der Waals surface area contributed by atoms with Crippen molar-refractivity contribution in [2.45, 2.75) is 26.7 Å². The second-order valence-electron chi connectivity index (χ2n) is 6.88. The zero-order valence-corrected chi connectivity index (χ0v) is 13.3. The van der Waals surface area contributed by atoms with E-state index in [1.165, 1.54) is 0 Å². The van der Waals surface area contributed by atoms with Gasteiger partial charge in [0.2, 0.25) is 0 Å². The van der Waals surface area contributed by atoms with Crippen molar-refractivity contribution < 1.29 is 14.7 Å². The standard InChI is InChI=1S/C19H19NO3/c1-19(2)10-15-9-14(18(22)23)6-7-17(15)20(12-19)16-5-3-4-13(8-16)11-21/h3,5-9H,4,10,12H2,1-2H3,(H,22,23). The van der Waals surface area contributed by atoms with Crippen molar-refractivity contribution in [1.82, 2.24) is 0 Å². The fourth-order valence-corrected chi connectivity index (χ4v) is 3.27. The molecule has 1 aromatic carbocycles. The molecule has 0 amide bonds. The Morgan fingerprint density at radius 3 is 2.83 bits per heavy atom. The number of fused-ring (bicyclic) bond motifs is 1. The maximum atomic E-state index is 11.2. The number of anilines is 1. The van der Waals surface area contributed by atoms with Crippen LogP contribution in [-0.2, 0) is 11.2 Å². The van der Waals surface area contributed by atoms with E-state index in [2.05, 4.69) is 18.7 Å². The van der Waals surface area contributed by atoms with Crippen LogP contribution in [0.25, 0.3) is 0 Å². The molecule has 1 aromatic rings. The van der Waals surface area contributed by atoms with Crippen molar-refractivity contribution in [1.29, 1.82) is 0 Å². The van der Waals surface area contributed by atoms with Crippen molar-refractivity contribution in [3.8, 4) is 0 Å². The highest BCUT2D eigenvalue weighted by Gasteiger charge is 2.32. The van der Waals surface area contributed by atoms with E-state index in [0.29, 0.717) is 17.6 Å². The van der Waals surface area contributed by atoms with Crippen LogP contribution in [0.5, 0.6) is 0 Å². The van der Waals surface area contributed by atoms with Crippen LogP contribution in [0.3, 0.4) is 0 Å². The monoisotopic (exact) mass is 309 g/mol. The second-order valence-corrected chi connectivity index (χ2v) is 6.88. The van der Waals surface area contributed by atoms with Gasteiger partial charge < -0.3 is 10.0 Å². The minimum Gasteiger partial charge on any atom is -0.478 e. The van der Waals surface area contributed by atoms with Gasteiger partial charge in [0, 0.05) is 29.9 Å². The number of allylic oxidation sites excluding steroid dienone is 4. The molecule has 4 nitrogen and oxygen atoms in total. The molecule has 3 rings (SSSR count). The van der Waals surface area contributed by atoms with Gasteiger partial charge in [-0.3, -0.25) is 0 Å². The molecule has 0 atom stereocenters. The van der Waals surface area contributed by atoms with Crippen molar-refractivity contribution in [3.05, 3.63) is 58.8 Å². The fraction of sp³-hybridized carbons (Fsp3) is 0.316. The number of hydrogen-bond donors (Lipinski definition) is 1. The smallest absolute Gasteiger partial charge is 0.335 e. The maximum absolute atomic E-state index is 11.2. The van der Waals surface area contributed by atoms with Gasteiger partial charge in [-0.25, -0.2) is 9.59 Å². The molecule has 1 heterocycles. The normalized spacial score (nSPS) is 19.0. The number of hydrogen-bond acceptors (Lipinski definition) is 3. The third-order valence-corrected chi connectivity index (χ3v) is 4.26. The van der Waals surface area contributed by atoms with Crippen LogP contribution in [0.2, 0.25) is 0 Å². The highest BCUT2D eigenvalue weighted by Crippen LogP contribution is 2.39. The zero-order chi connectivity index (χ0) is 16.6. The molecule has 0 radical (unpaired) electrons. The topological polar surface area (TPSA) is 57.6 Å². The highest BCUT2D eigenvalue weighted by molar-refractivity contribution is 5.89. The number of carboxylic acids is 1. The van der Waals surface area contributed by atoms with Gasteiger partial charge in [0.25, 0.3) is 0 Å². The summed E-state index contributed by atoms with van der Waals surface area (Å²) in [7, 11) is 0. The van der Waals surface area contributed by atoms with E-state index in [4.69, 9.17) is 0 Å². The van der Waals surface area contributed by atoms with E-state index in [-0.39, 0.29) is 5.41 Å². The van der Waals surface area contributed by atoms with Gasteiger partial charge in [0.1, 0.15) is 5.94 Å². The average molecular weight is 309 g/mol. The predicted molar refractivity (Wildman–Crippen MR) is 89.3 cm³/mol. The lowest BCUT2D eigenvalue weighted by Gasteiger charge is -2.41. The Morgan fingerprint density at radius 2 is 2.13 bits per heavy atom. The summed E-state index contributed by atoms with van der Waals surface area (Å²) in [6.07, 6.45) is 7.27. The Balaban J connectivity index is 2.09. The minimum absolute atomic E-state index is 0.0152. The minimum atomic E-state index is -0.911. The molecule has 0 bridgehead atoms. The van der Waals surface area contributed by atoms with Gasteiger partial charge in [0.15, 0.2) is 0 Å². The summed E-state index contributed by atoms with van der Waals surface area (Å²) in [5, 5.41) is 9.22. The van der Waals surface area contributed by atoms with E-state index >= 15 is 0 Å². The molecule has 1 aliphatic carbocycles. The fourth-order valence-electron chi connectivity index (χ4n) is 3.27. The summed E-state index contributed by atoms with van der Waals surface area (Å²) in [4.78, 5) is 24.4. The van der Waals surface area contributed by atoms with Crippen LogP contribution in [0, 0.1) is 5.41 Å². The Morgan fingerprint density at radius 1 is 1.35 bits per heavy atom. The Hall–Kier alpha value is -2.58. The van der Waals surface area contributed by atoms with Crippen molar-refractivity contribution in [2.75, 3.05) is 11.4 Å². The summed E-state index contributed by atoms with van der Waals surface area (Å²) in [6.45, 7) is 5.15. The van der Waals surface area contributed by atoms with E-state index in [9.17, 15) is 14.7 Å². The summed E-state index contributed by atoms with van der Waals surface area (Å²) >= 11 is 0. The lowest BCUT2D eigenvalue weighted by molar-refractivity contribution is 0.0696. The van der Waals surface area contributed by atoms with Gasteiger partial charge in [-0.05, 0) is 47.8 Å². The molecule has 118 valence electrons. The molecule has 0 saturated heterocycles. The molecule has 0 unspecified atom stereocenters. The van der Waals surface area contributed by atoms with Crippen molar-refractivity contribution in [2.24, 2.45) is 5.41 Å². The molecule has 0 saturated carbocycles. The second kappa shape index (κ2) is 5.56. The number of rotatable bonds is 2. The highest BCUT2D eigenvalue weighted by atomic mass is 16.4. The summed E-state index contributed by atoms with van der Waals surface area (Å²) in [5.41, 5.74) is 3.95. The average Bonchev–Trinajstić information content (AvgIpc) is 2.52. The lowest BCUT2D eigenvalue weighted by Crippen LogP contribution is -2.40. The van der Waals surface area contributed by atoms with Crippen LogP contribution in [0.4, 0.5) is 5.69 Å². The first-order valence-corrected chi connectivity index (χ1v) is 7.66. The number of aromatic carboxylic acids is 1. The molecule has 0 fully saturated rings. The van der Waals surface area contributed by atoms with Crippen LogP contribution >= 0.6 is 0 Å². The van der Waals surface area contributed by atoms with Gasteiger partial charge in [-0.1, -0.05) is 19.9 Å². The third-order valence-electron chi connectivity index (χ3n) is 4.26. The van der Waals surface area contributed by atoms with E-state index in [0.717, 1.165) is 29.9 Å². The number of carboxylic acid groups (broad SMARTS) is 1. The van der Waals surface area contributed by atoms with E-state index in [1.807, 2.05) is 30.2 Å². The van der Waals surface area contributed by atoms with Crippen molar-refractivity contribution >= 4 is 17.6 Å². The summed E-state index contributed by atoms with van der Waals surface area (Å²) in [5.74, 6) is 1.06. The molecule has 23 heavy (non-hydrogen) atoms. The largest absolute Gasteiger partial charge is 0.478 e. The number of nitrogens with zero attached hydrogens (tertiary/aromatic N) is 1.